The molecule has 3 aromatic rings. The molecule has 1 aromatic carbocycles. The molecular weight excluding hydrogens is 356 g/mol. The molecule has 146 valence electrons. The van der Waals surface area contributed by atoms with E-state index < -0.39 is 6.09 Å². The van der Waals surface area contributed by atoms with Gasteiger partial charge in [-0.15, -0.1) is 10.2 Å². The van der Waals surface area contributed by atoms with Gasteiger partial charge < -0.3 is 14.5 Å². The zero-order chi connectivity index (χ0) is 19.8. The molecule has 0 fully saturated rings. The van der Waals surface area contributed by atoms with Gasteiger partial charge in [0.05, 0.1) is 5.69 Å². The molecule has 1 atom stereocenters. The van der Waals surface area contributed by atoms with Crippen LogP contribution < -0.4 is 10.1 Å². The number of amides is 1. The highest BCUT2D eigenvalue weighted by molar-refractivity contribution is 5.72. The maximum absolute atomic E-state index is 12.1. The third kappa shape index (κ3) is 5.39. The summed E-state index contributed by atoms with van der Waals surface area (Å²) in [4.78, 5) is 16.5. The summed E-state index contributed by atoms with van der Waals surface area (Å²) >= 11 is 0. The van der Waals surface area contributed by atoms with Gasteiger partial charge in [0.1, 0.15) is 5.75 Å². The van der Waals surface area contributed by atoms with Crippen molar-refractivity contribution in [1.29, 1.82) is 0 Å². The van der Waals surface area contributed by atoms with Gasteiger partial charge in [-0.25, -0.2) is 4.79 Å². The van der Waals surface area contributed by atoms with E-state index in [2.05, 4.69) is 34.3 Å². The molecule has 3 rings (SSSR count). The van der Waals surface area contributed by atoms with Gasteiger partial charge in [-0.1, -0.05) is 38.8 Å². The second-order valence-electron chi connectivity index (χ2n) is 6.72. The Balaban J connectivity index is 1.64. The smallest absolute Gasteiger partial charge is 0.412 e. The topological polar surface area (TPSA) is 90.1 Å². The fourth-order valence-corrected chi connectivity index (χ4v) is 2.79. The molecule has 0 aliphatic heterocycles. The first-order valence-corrected chi connectivity index (χ1v) is 9.44. The van der Waals surface area contributed by atoms with E-state index in [1.165, 1.54) is 6.39 Å². The van der Waals surface area contributed by atoms with Crippen LogP contribution in [0.3, 0.4) is 0 Å². The lowest BCUT2D eigenvalue weighted by atomic mass is 10.1. The normalized spacial score (nSPS) is 11.8. The number of nitrogens with zero attached hydrogens (tertiary/aromatic N) is 3. The molecule has 0 saturated heterocycles. The summed E-state index contributed by atoms with van der Waals surface area (Å²) in [6.07, 6.45) is 5.92. The predicted molar refractivity (Wildman–Crippen MR) is 106 cm³/mol. The van der Waals surface area contributed by atoms with Crippen molar-refractivity contribution in [2.45, 2.75) is 33.1 Å². The van der Waals surface area contributed by atoms with E-state index in [-0.39, 0.29) is 0 Å². The number of nitrogens with one attached hydrogen (secondary N) is 1. The van der Waals surface area contributed by atoms with Gasteiger partial charge in [0.15, 0.2) is 0 Å². The maximum Gasteiger partial charge on any atom is 0.412 e. The molecular formula is C21H24N4O3. The molecule has 0 saturated carbocycles. The Labute approximate surface area is 164 Å². The fourth-order valence-electron chi connectivity index (χ4n) is 2.79. The quantitative estimate of drug-likeness (QED) is 0.608. The third-order valence-corrected chi connectivity index (χ3v) is 4.35. The van der Waals surface area contributed by atoms with Crippen molar-refractivity contribution in [3.8, 4) is 28.5 Å². The second kappa shape index (κ2) is 9.64. The summed E-state index contributed by atoms with van der Waals surface area (Å²) in [7, 11) is 0. The van der Waals surface area contributed by atoms with Gasteiger partial charge in [-0.3, -0.25) is 4.98 Å². The van der Waals surface area contributed by atoms with Crippen LogP contribution in [0.25, 0.3) is 22.7 Å². The van der Waals surface area contributed by atoms with Crippen molar-refractivity contribution in [1.82, 2.24) is 20.5 Å². The van der Waals surface area contributed by atoms with Crippen LogP contribution in [0.4, 0.5) is 4.79 Å². The van der Waals surface area contributed by atoms with Crippen LogP contribution in [0.2, 0.25) is 0 Å². The standard InChI is InChI=1S/C21H24N4O3/c1-3-4-6-15(2)13-23-21(26)28-18-8-5-7-16(11-18)19-12-17(9-10-22-19)20-25-24-14-27-20/h5,7-12,14-15H,3-4,6,13H2,1-2H3,(H,23,26). The van der Waals surface area contributed by atoms with Crippen molar-refractivity contribution in [2.24, 2.45) is 5.92 Å². The highest BCUT2D eigenvalue weighted by atomic mass is 16.6. The Bertz CT molecular complexity index is 896. The van der Waals surface area contributed by atoms with Crippen LogP contribution in [0, 0.1) is 5.92 Å². The number of ether oxygens (including phenoxy) is 1. The Hall–Kier alpha value is -3.22. The van der Waals surface area contributed by atoms with E-state index in [9.17, 15) is 4.79 Å². The summed E-state index contributed by atoms with van der Waals surface area (Å²) in [6.45, 7) is 4.89. The second-order valence-corrected chi connectivity index (χ2v) is 6.72. The Kier molecular flexibility index (Phi) is 6.73. The number of pyridine rings is 1. The van der Waals surface area contributed by atoms with Gasteiger partial charge in [-0.05, 0) is 36.6 Å². The van der Waals surface area contributed by atoms with Crippen molar-refractivity contribution in [3.05, 3.63) is 49.0 Å². The van der Waals surface area contributed by atoms with Crippen molar-refractivity contribution >= 4 is 6.09 Å². The molecule has 28 heavy (non-hydrogen) atoms. The molecule has 0 bridgehead atoms. The van der Waals surface area contributed by atoms with E-state index in [0.717, 1.165) is 36.1 Å². The average molecular weight is 380 g/mol. The van der Waals surface area contributed by atoms with Gasteiger partial charge >= 0.3 is 6.09 Å². The number of benzene rings is 1. The SMILES string of the molecule is CCCCC(C)CNC(=O)Oc1cccc(-c2cc(-c3nnco3)ccn2)c1. The molecule has 2 heterocycles. The van der Waals surface area contributed by atoms with E-state index in [4.69, 9.17) is 9.15 Å². The lowest BCUT2D eigenvalue weighted by molar-refractivity contribution is 0.198. The number of aromatic nitrogens is 3. The molecule has 0 aliphatic rings. The lowest BCUT2D eigenvalue weighted by Gasteiger charge is -2.12. The number of carbonyl (C=O) groups excluding carboxylic acids is 1. The Morgan fingerprint density at radius 2 is 2.14 bits per heavy atom. The van der Waals surface area contributed by atoms with E-state index in [1.807, 2.05) is 18.2 Å². The minimum atomic E-state index is -0.451. The summed E-state index contributed by atoms with van der Waals surface area (Å²) in [6, 6.07) is 10.9. The van der Waals surface area contributed by atoms with Crippen LogP contribution in [0.15, 0.2) is 53.4 Å². The number of hydrogen-bond acceptors (Lipinski definition) is 6. The van der Waals surface area contributed by atoms with Crippen LogP contribution in [0.5, 0.6) is 5.75 Å². The third-order valence-electron chi connectivity index (χ3n) is 4.35. The zero-order valence-electron chi connectivity index (χ0n) is 16.1. The molecule has 7 nitrogen and oxygen atoms in total. The number of rotatable bonds is 8. The minimum absolute atomic E-state index is 0.424. The summed E-state index contributed by atoms with van der Waals surface area (Å²) in [5, 5.41) is 10.4. The molecule has 7 heteroatoms. The first-order chi connectivity index (χ1) is 13.7. The molecule has 2 aromatic heterocycles. The molecule has 0 spiro atoms. The number of hydrogen-bond donors (Lipinski definition) is 1. The van der Waals surface area contributed by atoms with Crippen LogP contribution >= 0.6 is 0 Å². The van der Waals surface area contributed by atoms with Crippen molar-refractivity contribution in [3.63, 3.8) is 0 Å². The van der Waals surface area contributed by atoms with E-state index in [0.29, 0.717) is 24.1 Å². The molecule has 0 aliphatic carbocycles. The first kappa shape index (κ1) is 19.5. The molecule has 1 N–H and O–H groups in total. The van der Waals surface area contributed by atoms with Crippen molar-refractivity contribution in [2.75, 3.05) is 6.54 Å². The van der Waals surface area contributed by atoms with E-state index in [1.54, 1.807) is 24.4 Å². The largest absolute Gasteiger partial charge is 0.423 e. The van der Waals surface area contributed by atoms with Gasteiger partial charge in [-0.2, -0.15) is 0 Å². The molecule has 1 unspecified atom stereocenters. The van der Waals surface area contributed by atoms with Crippen LogP contribution in [0.1, 0.15) is 33.1 Å². The van der Waals surface area contributed by atoms with Gasteiger partial charge in [0.25, 0.3) is 0 Å². The first-order valence-electron chi connectivity index (χ1n) is 9.44. The average Bonchev–Trinajstić information content (AvgIpc) is 3.26. The van der Waals surface area contributed by atoms with Crippen molar-refractivity contribution < 1.29 is 13.9 Å². The van der Waals surface area contributed by atoms with Crippen LogP contribution in [-0.4, -0.2) is 27.8 Å². The fraction of sp³-hybridized carbons (Fsp3) is 0.333. The molecule has 1 amide bonds. The highest BCUT2D eigenvalue weighted by Gasteiger charge is 2.10. The maximum atomic E-state index is 12.1. The Morgan fingerprint density at radius 3 is 2.93 bits per heavy atom. The minimum Gasteiger partial charge on any atom is -0.423 e. The van der Waals surface area contributed by atoms with Gasteiger partial charge in [0, 0.05) is 23.9 Å². The van der Waals surface area contributed by atoms with E-state index >= 15 is 0 Å². The monoisotopic (exact) mass is 380 g/mol. The number of carbonyl (C=O) groups is 1. The number of unbranched alkanes of at least 4 members (excludes halogenated alkanes) is 1. The predicted octanol–water partition coefficient (Wildman–Crippen LogP) is 4.71. The molecule has 0 radical (unpaired) electrons. The lowest BCUT2D eigenvalue weighted by Crippen LogP contribution is -2.30. The van der Waals surface area contributed by atoms with Gasteiger partial charge in [0.2, 0.25) is 12.3 Å². The Morgan fingerprint density at radius 1 is 1.25 bits per heavy atom. The summed E-state index contributed by atoms with van der Waals surface area (Å²) in [5.41, 5.74) is 2.31. The summed E-state index contributed by atoms with van der Waals surface area (Å²) < 4.78 is 10.6. The zero-order valence-corrected chi connectivity index (χ0v) is 16.1. The highest BCUT2D eigenvalue weighted by Crippen LogP contribution is 2.26. The summed E-state index contributed by atoms with van der Waals surface area (Å²) in [5.74, 6) is 1.31. The van der Waals surface area contributed by atoms with Crippen LogP contribution in [-0.2, 0) is 0 Å².